The topological polar surface area (TPSA) is 114 Å². The van der Waals surface area contributed by atoms with Gasteiger partial charge in [-0.25, -0.2) is 0 Å². The Morgan fingerprint density at radius 2 is 1.97 bits per heavy atom. The maximum Gasteiger partial charge on any atom is 0.255 e. The molecule has 1 fully saturated rings. The number of hydrogen-bond donors (Lipinski definition) is 1. The maximum absolute atomic E-state index is 12.5. The van der Waals surface area contributed by atoms with Crippen molar-refractivity contribution >= 4 is 29.3 Å². The van der Waals surface area contributed by atoms with Gasteiger partial charge in [-0.05, 0) is 17.9 Å². The predicted molar refractivity (Wildman–Crippen MR) is 129 cm³/mol. The van der Waals surface area contributed by atoms with E-state index in [-0.39, 0.29) is 62.9 Å². The van der Waals surface area contributed by atoms with Crippen LogP contribution in [0.3, 0.4) is 0 Å². The third kappa shape index (κ3) is 6.25. The second kappa shape index (κ2) is 11.8. The molecule has 1 aromatic carbocycles. The van der Waals surface area contributed by atoms with E-state index in [2.05, 4.69) is 26.1 Å². The summed E-state index contributed by atoms with van der Waals surface area (Å²) in [6.07, 6.45) is 8.16. The van der Waals surface area contributed by atoms with Crippen LogP contribution in [0.25, 0.3) is 11.5 Å². The molecule has 179 valence electrons. The van der Waals surface area contributed by atoms with E-state index in [4.69, 9.17) is 23.1 Å². The van der Waals surface area contributed by atoms with E-state index in [0.717, 1.165) is 5.56 Å². The molecule has 34 heavy (non-hydrogen) atoms. The normalized spacial score (nSPS) is 23.8. The van der Waals surface area contributed by atoms with Crippen molar-refractivity contribution in [1.29, 1.82) is 0 Å². The van der Waals surface area contributed by atoms with Crippen LogP contribution in [0.4, 0.5) is 0 Å². The van der Waals surface area contributed by atoms with Crippen molar-refractivity contribution < 1.29 is 47.1 Å². The zero-order chi connectivity index (χ0) is 24.3. The van der Waals surface area contributed by atoms with Crippen molar-refractivity contribution in [2.45, 2.75) is 52.7 Å². The first-order chi connectivity index (χ1) is 15.6. The molecule has 3 aliphatic rings. The number of allylic oxidation sites excluding steroid dienone is 5. The fourth-order valence-electron chi connectivity index (χ4n) is 4.05. The Balaban J connectivity index is 0.000000256. The fraction of sp³-hybridized carbons (Fsp3) is 0.400. The summed E-state index contributed by atoms with van der Waals surface area (Å²) in [6, 6.07) is 4.84. The molecule has 3 amide bonds. The number of benzene rings is 1. The molecule has 2 unspecified atom stereocenters. The largest absolute Gasteiger partial charge is 0.699 e. The van der Waals surface area contributed by atoms with Gasteiger partial charge in [-0.15, -0.1) is 12.2 Å². The van der Waals surface area contributed by atoms with Crippen LogP contribution in [0, 0.1) is 11.3 Å². The minimum absolute atomic E-state index is 0. The van der Waals surface area contributed by atoms with Crippen LogP contribution < -0.4 is 5.32 Å². The SMILES string of the molecule is CC(C)C1(C)C=CC([NH-])=CC(Cl)=C1.[NH-]Cc1cccc2c1C(=O)N(C1CCC(=O)NC1=O)C2.[Y]. The van der Waals surface area contributed by atoms with Crippen molar-refractivity contribution in [3.8, 4) is 0 Å². The number of imide groups is 1. The van der Waals surface area contributed by atoms with Gasteiger partial charge in [-0.2, -0.15) is 0 Å². The minimum atomic E-state index is -0.591. The smallest absolute Gasteiger partial charge is 0.255 e. The summed E-state index contributed by atoms with van der Waals surface area (Å²) in [5.41, 5.74) is 17.5. The number of halogens is 1. The Hall–Kier alpha value is -1.80. The molecule has 2 atom stereocenters. The first kappa shape index (κ1) is 28.4. The van der Waals surface area contributed by atoms with Gasteiger partial charge in [-0.3, -0.25) is 19.7 Å². The van der Waals surface area contributed by atoms with E-state index in [1.54, 1.807) is 12.1 Å². The van der Waals surface area contributed by atoms with Gasteiger partial charge in [0.05, 0.1) is 0 Å². The molecule has 3 N–H and O–H groups in total. The van der Waals surface area contributed by atoms with Crippen LogP contribution in [-0.4, -0.2) is 28.7 Å². The van der Waals surface area contributed by atoms with Crippen molar-refractivity contribution in [2.75, 3.05) is 0 Å². The quantitative estimate of drug-likeness (QED) is 0.510. The van der Waals surface area contributed by atoms with E-state index in [1.165, 1.54) is 4.90 Å². The average molecular weight is 558 g/mol. The first-order valence-corrected chi connectivity index (χ1v) is 11.3. The number of amides is 3. The molecular formula is C25H29ClN4O3Y-2. The predicted octanol–water partition coefficient (Wildman–Crippen LogP) is 5.27. The molecule has 1 aliphatic carbocycles. The third-order valence-electron chi connectivity index (χ3n) is 6.44. The number of fused-ring (bicyclic) bond motifs is 1. The van der Waals surface area contributed by atoms with Crippen LogP contribution in [0.5, 0.6) is 0 Å². The summed E-state index contributed by atoms with van der Waals surface area (Å²) in [4.78, 5) is 37.0. The van der Waals surface area contributed by atoms with Crippen molar-refractivity contribution in [3.05, 3.63) is 81.4 Å². The zero-order valence-electron chi connectivity index (χ0n) is 19.7. The Morgan fingerprint density at radius 3 is 2.59 bits per heavy atom. The number of carbonyl (C=O) groups excluding carboxylic acids is 3. The Labute approximate surface area is 230 Å². The van der Waals surface area contributed by atoms with Gasteiger partial charge in [-0.1, -0.05) is 80.4 Å². The van der Waals surface area contributed by atoms with Crippen LogP contribution >= 0.6 is 11.6 Å². The molecule has 1 aromatic rings. The van der Waals surface area contributed by atoms with Crippen LogP contribution in [-0.2, 0) is 55.4 Å². The number of hydrogen-bond acceptors (Lipinski definition) is 3. The molecule has 1 radical (unpaired) electrons. The minimum Gasteiger partial charge on any atom is -0.699 e. The molecule has 9 heteroatoms. The van der Waals surface area contributed by atoms with E-state index in [1.807, 2.05) is 30.4 Å². The van der Waals surface area contributed by atoms with Gasteiger partial charge < -0.3 is 16.4 Å². The molecule has 7 nitrogen and oxygen atoms in total. The first-order valence-electron chi connectivity index (χ1n) is 11.0. The van der Waals surface area contributed by atoms with Gasteiger partial charge in [0.15, 0.2) is 0 Å². The molecule has 2 aliphatic heterocycles. The van der Waals surface area contributed by atoms with Gasteiger partial charge in [0.2, 0.25) is 11.8 Å². The van der Waals surface area contributed by atoms with E-state index < -0.39 is 11.9 Å². The Kier molecular flexibility index (Phi) is 9.84. The second-order valence-electron chi connectivity index (χ2n) is 9.01. The van der Waals surface area contributed by atoms with Gasteiger partial charge in [0, 0.05) is 61.7 Å². The summed E-state index contributed by atoms with van der Waals surface area (Å²) in [5, 5.41) is 2.93. The van der Waals surface area contributed by atoms with E-state index in [9.17, 15) is 14.4 Å². The molecule has 0 aromatic heterocycles. The molecule has 4 rings (SSSR count). The number of carbonyl (C=O) groups is 3. The summed E-state index contributed by atoms with van der Waals surface area (Å²) in [6.45, 7) is 6.84. The van der Waals surface area contributed by atoms with Gasteiger partial charge in [0.25, 0.3) is 5.91 Å². The molecule has 2 heterocycles. The van der Waals surface area contributed by atoms with Crippen molar-refractivity contribution in [3.63, 3.8) is 0 Å². The summed E-state index contributed by atoms with van der Waals surface area (Å²) >= 11 is 5.97. The van der Waals surface area contributed by atoms with E-state index >= 15 is 0 Å². The summed E-state index contributed by atoms with van der Waals surface area (Å²) < 4.78 is 0. The van der Waals surface area contributed by atoms with Crippen LogP contribution in [0.1, 0.15) is 55.1 Å². The molecular weight excluding hydrogens is 529 g/mol. The standard InChI is InChI=1S/C14H14N3O3.C11H15ClN.Y/c15-6-8-2-1-3-9-7-17(14(20)12(8)9)10-4-5-11(18)16-13(10)19;1-8(2)11(3)5-4-10(13)6-9(12)7-11;/h1-3,10,15H,4-7H2,(H,16,18,19);4-8,13H,1-3H3;/q2*-1;. The monoisotopic (exact) mass is 557 g/mol. The van der Waals surface area contributed by atoms with Crippen LogP contribution in [0.2, 0.25) is 0 Å². The number of nitrogens with one attached hydrogen (secondary N) is 3. The van der Waals surface area contributed by atoms with Crippen molar-refractivity contribution in [2.24, 2.45) is 11.3 Å². The Morgan fingerprint density at radius 1 is 1.26 bits per heavy atom. The van der Waals surface area contributed by atoms with E-state index in [0.29, 0.717) is 40.7 Å². The molecule has 0 saturated carbocycles. The van der Waals surface area contributed by atoms with Gasteiger partial charge in [0.1, 0.15) is 6.04 Å². The van der Waals surface area contributed by atoms with Gasteiger partial charge >= 0.3 is 0 Å². The number of nitrogens with zero attached hydrogens (tertiary/aromatic N) is 1. The van der Waals surface area contributed by atoms with Crippen LogP contribution in [0.15, 0.2) is 53.2 Å². The Bertz CT molecular complexity index is 1070. The molecule has 0 spiro atoms. The summed E-state index contributed by atoms with van der Waals surface area (Å²) in [5.74, 6) is -0.425. The average Bonchev–Trinajstić information content (AvgIpc) is 3.01. The fourth-order valence-corrected chi connectivity index (χ4v) is 4.40. The molecule has 1 saturated heterocycles. The molecule has 0 bridgehead atoms. The second-order valence-corrected chi connectivity index (χ2v) is 9.45. The maximum atomic E-state index is 12.5. The third-order valence-corrected chi connectivity index (χ3v) is 6.66. The number of rotatable bonds is 3. The summed E-state index contributed by atoms with van der Waals surface area (Å²) in [7, 11) is 0. The van der Waals surface area contributed by atoms with Crippen molar-refractivity contribution in [1.82, 2.24) is 10.2 Å². The number of piperidine rings is 1. The zero-order valence-corrected chi connectivity index (χ0v) is 23.2.